The van der Waals surface area contributed by atoms with E-state index in [1.807, 2.05) is 12.1 Å². The molecule has 0 spiro atoms. The molecular formula is C19H22N2. The average molecular weight is 278 g/mol. The summed E-state index contributed by atoms with van der Waals surface area (Å²) in [7, 11) is 0. The van der Waals surface area contributed by atoms with E-state index < -0.39 is 0 Å². The van der Waals surface area contributed by atoms with Gasteiger partial charge in [-0.1, -0.05) is 49.2 Å². The highest BCUT2D eigenvalue weighted by atomic mass is 15.5. The van der Waals surface area contributed by atoms with Crippen LogP contribution in [0, 0.1) is 5.92 Å². The predicted molar refractivity (Wildman–Crippen MR) is 90.1 cm³/mol. The Kier molecular flexibility index (Phi) is 4.34. The van der Waals surface area contributed by atoms with E-state index in [1.165, 1.54) is 31.4 Å². The van der Waals surface area contributed by atoms with Crippen LogP contribution in [0.3, 0.4) is 0 Å². The SMILES string of the molecule is CC(=NN(c1ccccc1)c1ccccc1)C1CCCC1. The third-order valence-electron chi connectivity index (χ3n) is 4.21. The normalized spacial score (nSPS) is 16.1. The number of rotatable bonds is 4. The van der Waals surface area contributed by atoms with Crippen LogP contribution < -0.4 is 5.01 Å². The zero-order valence-corrected chi connectivity index (χ0v) is 12.6. The lowest BCUT2D eigenvalue weighted by molar-refractivity contribution is 0.720. The minimum atomic E-state index is 0.653. The summed E-state index contributed by atoms with van der Waals surface area (Å²) in [4.78, 5) is 0. The fourth-order valence-electron chi connectivity index (χ4n) is 2.99. The van der Waals surface area contributed by atoms with Gasteiger partial charge in [0.05, 0.1) is 11.4 Å². The summed E-state index contributed by atoms with van der Waals surface area (Å²) in [6.07, 6.45) is 5.25. The topological polar surface area (TPSA) is 15.6 Å². The summed E-state index contributed by atoms with van der Waals surface area (Å²) in [6.45, 7) is 2.18. The number of para-hydroxylation sites is 2. The maximum absolute atomic E-state index is 4.95. The number of benzene rings is 2. The Morgan fingerprint density at radius 2 is 1.33 bits per heavy atom. The molecule has 2 heteroatoms. The molecule has 1 aliphatic rings. The molecule has 108 valence electrons. The van der Waals surface area contributed by atoms with Gasteiger partial charge in [-0.3, -0.25) is 0 Å². The number of anilines is 2. The van der Waals surface area contributed by atoms with Crippen LogP contribution in [0.15, 0.2) is 65.8 Å². The van der Waals surface area contributed by atoms with Crippen LogP contribution in [0.4, 0.5) is 11.4 Å². The highest BCUT2D eigenvalue weighted by molar-refractivity contribution is 5.86. The third kappa shape index (κ3) is 3.33. The molecule has 0 aromatic heterocycles. The summed E-state index contributed by atoms with van der Waals surface area (Å²) >= 11 is 0. The Hall–Kier alpha value is -2.09. The van der Waals surface area contributed by atoms with E-state index in [2.05, 4.69) is 60.5 Å². The monoisotopic (exact) mass is 278 g/mol. The zero-order chi connectivity index (χ0) is 14.5. The summed E-state index contributed by atoms with van der Waals surface area (Å²) in [5.41, 5.74) is 3.47. The van der Waals surface area contributed by atoms with Crippen LogP contribution in [0.5, 0.6) is 0 Å². The van der Waals surface area contributed by atoms with Gasteiger partial charge in [0.25, 0.3) is 0 Å². The Morgan fingerprint density at radius 1 is 0.857 bits per heavy atom. The fourth-order valence-corrected chi connectivity index (χ4v) is 2.99. The minimum absolute atomic E-state index is 0.653. The van der Waals surface area contributed by atoms with Gasteiger partial charge in [-0.05, 0) is 49.9 Å². The fraction of sp³-hybridized carbons (Fsp3) is 0.316. The van der Waals surface area contributed by atoms with E-state index in [0.29, 0.717) is 5.92 Å². The molecule has 0 amide bonds. The van der Waals surface area contributed by atoms with Crippen LogP contribution in [-0.4, -0.2) is 5.71 Å². The molecule has 2 aromatic rings. The van der Waals surface area contributed by atoms with Crippen molar-refractivity contribution in [2.45, 2.75) is 32.6 Å². The summed E-state index contributed by atoms with van der Waals surface area (Å²) < 4.78 is 0. The maximum Gasteiger partial charge on any atom is 0.0652 e. The van der Waals surface area contributed by atoms with Crippen molar-refractivity contribution < 1.29 is 0 Å². The van der Waals surface area contributed by atoms with Crippen LogP contribution in [0.2, 0.25) is 0 Å². The van der Waals surface area contributed by atoms with Gasteiger partial charge in [0.15, 0.2) is 0 Å². The first kappa shape index (κ1) is 13.9. The van der Waals surface area contributed by atoms with Crippen molar-refractivity contribution in [1.29, 1.82) is 0 Å². The molecular weight excluding hydrogens is 256 g/mol. The summed E-state index contributed by atoms with van der Waals surface area (Å²) in [6, 6.07) is 20.8. The first-order chi connectivity index (χ1) is 10.3. The third-order valence-corrected chi connectivity index (χ3v) is 4.21. The van der Waals surface area contributed by atoms with Crippen molar-refractivity contribution in [2.24, 2.45) is 11.0 Å². The second-order valence-corrected chi connectivity index (χ2v) is 5.71. The molecule has 21 heavy (non-hydrogen) atoms. The molecule has 0 heterocycles. The van der Waals surface area contributed by atoms with Crippen molar-refractivity contribution in [3.8, 4) is 0 Å². The lowest BCUT2D eigenvalue weighted by atomic mass is 10.0. The number of hydrogen-bond donors (Lipinski definition) is 0. The molecule has 2 aromatic carbocycles. The highest BCUT2D eigenvalue weighted by Gasteiger charge is 2.19. The van der Waals surface area contributed by atoms with Crippen molar-refractivity contribution >= 4 is 17.1 Å². The van der Waals surface area contributed by atoms with Gasteiger partial charge < -0.3 is 0 Å². The summed E-state index contributed by atoms with van der Waals surface area (Å²) in [5, 5.41) is 7.01. The van der Waals surface area contributed by atoms with Crippen molar-refractivity contribution in [1.82, 2.24) is 0 Å². The van der Waals surface area contributed by atoms with E-state index in [9.17, 15) is 0 Å². The van der Waals surface area contributed by atoms with Gasteiger partial charge in [0.1, 0.15) is 0 Å². The zero-order valence-electron chi connectivity index (χ0n) is 12.6. The second-order valence-electron chi connectivity index (χ2n) is 5.71. The van der Waals surface area contributed by atoms with E-state index in [1.54, 1.807) is 0 Å². The Morgan fingerprint density at radius 3 is 1.81 bits per heavy atom. The van der Waals surface area contributed by atoms with Crippen molar-refractivity contribution in [3.63, 3.8) is 0 Å². The maximum atomic E-state index is 4.95. The molecule has 0 bridgehead atoms. The van der Waals surface area contributed by atoms with Crippen LogP contribution >= 0.6 is 0 Å². The number of nitrogens with zero attached hydrogens (tertiary/aromatic N) is 2. The lowest BCUT2D eigenvalue weighted by Gasteiger charge is -2.22. The molecule has 1 fully saturated rings. The van der Waals surface area contributed by atoms with E-state index in [4.69, 9.17) is 5.10 Å². The highest BCUT2D eigenvalue weighted by Crippen LogP contribution is 2.29. The largest absolute Gasteiger partial charge is 0.234 e. The van der Waals surface area contributed by atoms with E-state index in [0.717, 1.165) is 11.4 Å². The Labute approximate surface area is 127 Å². The molecule has 0 saturated heterocycles. The van der Waals surface area contributed by atoms with Gasteiger partial charge >= 0.3 is 0 Å². The minimum Gasteiger partial charge on any atom is -0.234 e. The summed E-state index contributed by atoms with van der Waals surface area (Å²) in [5.74, 6) is 0.653. The number of hydrazone groups is 1. The molecule has 1 aliphatic carbocycles. The quantitative estimate of drug-likeness (QED) is 0.540. The molecule has 2 nitrogen and oxygen atoms in total. The number of hydrogen-bond acceptors (Lipinski definition) is 2. The molecule has 1 saturated carbocycles. The average Bonchev–Trinajstić information content (AvgIpc) is 3.09. The second kappa shape index (κ2) is 6.57. The van der Waals surface area contributed by atoms with Gasteiger partial charge in [0.2, 0.25) is 0 Å². The van der Waals surface area contributed by atoms with Gasteiger partial charge in [-0.15, -0.1) is 0 Å². The van der Waals surface area contributed by atoms with Crippen LogP contribution in [-0.2, 0) is 0 Å². The Balaban J connectivity index is 1.95. The van der Waals surface area contributed by atoms with Crippen molar-refractivity contribution in [2.75, 3.05) is 5.01 Å². The van der Waals surface area contributed by atoms with Crippen LogP contribution in [0.1, 0.15) is 32.6 Å². The van der Waals surface area contributed by atoms with Gasteiger partial charge in [-0.2, -0.15) is 5.10 Å². The van der Waals surface area contributed by atoms with Gasteiger partial charge in [0, 0.05) is 5.71 Å². The van der Waals surface area contributed by atoms with Gasteiger partial charge in [-0.25, -0.2) is 5.01 Å². The molecule has 3 rings (SSSR count). The van der Waals surface area contributed by atoms with Crippen molar-refractivity contribution in [3.05, 3.63) is 60.7 Å². The first-order valence-electron chi connectivity index (χ1n) is 7.80. The van der Waals surface area contributed by atoms with E-state index >= 15 is 0 Å². The van der Waals surface area contributed by atoms with E-state index in [-0.39, 0.29) is 0 Å². The molecule has 0 aliphatic heterocycles. The standard InChI is InChI=1S/C19H22N2/c1-16(17-10-8-9-11-17)20-21(18-12-4-2-5-13-18)19-14-6-3-7-15-19/h2-7,12-15,17H,8-11H2,1H3. The molecule has 0 unspecified atom stereocenters. The smallest absolute Gasteiger partial charge is 0.0652 e. The van der Waals surface area contributed by atoms with Crippen LogP contribution in [0.25, 0.3) is 0 Å². The lowest BCUT2D eigenvalue weighted by Crippen LogP contribution is -2.16. The molecule has 0 atom stereocenters. The Bertz CT molecular complexity index is 544. The predicted octanol–water partition coefficient (Wildman–Crippen LogP) is 5.39. The molecule has 0 radical (unpaired) electrons. The first-order valence-corrected chi connectivity index (χ1v) is 7.80. The molecule has 0 N–H and O–H groups in total.